The molecule has 3 nitrogen and oxygen atoms in total. The van der Waals surface area contributed by atoms with Crippen LogP contribution in [0.15, 0.2) is 84.9 Å². The summed E-state index contributed by atoms with van der Waals surface area (Å²) in [6.07, 6.45) is 0. The molecular weight excluding hydrogens is 396 g/mol. The molecule has 0 aromatic heterocycles. The van der Waals surface area contributed by atoms with E-state index in [0.717, 1.165) is 22.3 Å². The van der Waals surface area contributed by atoms with E-state index in [0.29, 0.717) is 11.3 Å². The van der Waals surface area contributed by atoms with Crippen molar-refractivity contribution in [3.8, 4) is 29.4 Å². The number of carbonyl (C=O) groups excluding carboxylic acids is 1. The predicted molar refractivity (Wildman–Crippen MR) is 127 cm³/mol. The molecule has 0 heterocycles. The van der Waals surface area contributed by atoms with Gasteiger partial charge in [-0.05, 0) is 59.3 Å². The van der Waals surface area contributed by atoms with Gasteiger partial charge in [-0.3, -0.25) is 0 Å². The summed E-state index contributed by atoms with van der Waals surface area (Å²) < 4.78 is 10.1. The number of esters is 1. The van der Waals surface area contributed by atoms with Crippen LogP contribution in [-0.4, -0.2) is 20.2 Å². The molecule has 0 amide bonds. The molecule has 0 saturated heterocycles. The maximum absolute atomic E-state index is 11.8. The van der Waals surface area contributed by atoms with E-state index in [1.807, 2.05) is 42.5 Å². The number of carbonyl (C=O) groups is 1. The molecular formula is C29H20O3. The predicted octanol–water partition coefficient (Wildman–Crippen LogP) is 5.43. The molecule has 0 spiro atoms. The van der Waals surface area contributed by atoms with Crippen molar-refractivity contribution in [2.45, 2.75) is 0 Å². The number of hydrogen-bond acceptors (Lipinski definition) is 3. The van der Waals surface area contributed by atoms with E-state index in [1.165, 1.54) is 25.0 Å². The summed E-state index contributed by atoms with van der Waals surface area (Å²) in [6, 6.07) is 27.4. The normalized spacial score (nSPS) is 9.81. The second-order valence-corrected chi connectivity index (χ2v) is 7.05. The van der Waals surface area contributed by atoms with Gasteiger partial charge in [0.05, 0.1) is 14.2 Å². The standard InChI is InChI=1S/C29H20O3/c1-31-28-20-24(15-17-27(28)29(30)32-2)13-11-22-7-5-6-21(18-22)10-12-23-14-16-25-8-3-4-9-26(25)19-23/h3-9,14-20H,1-2H3. The Kier molecular flexibility index (Phi) is 6.21. The third-order valence-electron chi connectivity index (χ3n) is 4.92. The maximum Gasteiger partial charge on any atom is 0.341 e. The van der Waals surface area contributed by atoms with Gasteiger partial charge < -0.3 is 9.47 Å². The molecule has 4 aromatic carbocycles. The Morgan fingerprint density at radius 2 is 1.22 bits per heavy atom. The van der Waals surface area contributed by atoms with E-state index < -0.39 is 5.97 Å². The van der Waals surface area contributed by atoms with E-state index in [1.54, 1.807) is 18.2 Å². The summed E-state index contributed by atoms with van der Waals surface area (Å²) in [5.74, 6) is 12.7. The SMILES string of the molecule is COC(=O)c1ccc(C#Cc2cccc(C#Cc3ccc4ccccc4c3)c2)cc1OC. The molecule has 0 unspecified atom stereocenters. The minimum atomic E-state index is -0.445. The van der Waals surface area contributed by atoms with Gasteiger partial charge in [-0.1, -0.05) is 60.1 Å². The molecule has 0 atom stereocenters. The second kappa shape index (κ2) is 9.56. The van der Waals surface area contributed by atoms with Crippen molar-refractivity contribution in [1.82, 2.24) is 0 Å². The number of fused-ring (bicyclic) bond motifs is 1. The van der Waals surface area contributed by atoms with Crippen molar-refractivity contribution in [3.05, 3.63) is 113 Å². The van der Waals surface area contributed by atoms with E-state index in [9.17, 15) is 4.79 Å². The van der Waals surface area contributed by atoms with Crippen LogP contribution in [0.3, 0.4) is 0 Å². The highest BCUT2D eigenvalue weighted by Gasteiger charge is 2.12. The van der Waals surface area contributed by atoms with Gasteiger partial charge in [-0.2, -0.15) is 0 Å². The lowest BCUT2D eigenvalue weighted by Gasteiger charge is -2.06. The minimum absolute atomic E-state index is 0.367. The molecule has 0 aliphatic carbocycles. The molecule has 0 radical (unpaired) electrons. The fourth-order valence-electron chi connectivity index (χ4n) is 3.28. The first kappa shape index (κ1) is 20.8. The first-order valence-electron chi connectivity index (χ1n) is 10.1. The fourth-order valence-corrected chi connectivity index (χ4v) is 3.28. The molecule has 0 aliphatic rings. The number of ether oxygens (including phenoxy) is 2. The molecule has 0 saturated carbocycles. The Labute approximate surface area is 187 Å². The van der Waals surface area contributed by atoms with Crippen LogP contribution in [0, 0.1) is 23.7 Å². The third kappa shape index (κ3) is 4.81. The van der Waals surface area contributed by atoms with Crippen molar-refractivity contribution in [2.75, 3.05) is 14.2 Å². The highest BCUT2D eigenvalue weighted by Crippen LogP contribution is 2.21. The average Bonchev–Trinajstić information content (AvgIpc) is 2.85. The Hall–Kier alpha value is -4.47. The zero-order chi connectivity index (χ0) is 22.3. The highest BCUT2D eigenvalue weighted by atomic mass is 16.5. The van der Waals surface area contributed by atoms with Crippen molar-refractivity contribution < 1.29 is 14.3 Å². The second-order valence-electron chi connectivity index (χ2n) is 7.05. The average molecular weight is 416 g/mol. The van der Waals surface area contributed by atoms with E-state index in [4.69, 9.17) is 9.47 Å². The Morgan fingerprint density at radius 3 is 1.88 bits per heavy atom. The maximum atomic E-state index is 11.8. The van der Waals surface area contributed by atoms with Crippen LogP contribution in [0.5, 0.6) is 5.75 Å². The molecule has 0 fully saturated rings. The Balaban J connectivity index is 1.56. The van der Waals surface area contributed by atoms with E-state index in [2.05, 4.69) is 47.9 Å². The lowest BCUT2D eigenvalue weighted by Crippen LogP contribution is -2.04. The van der Waals surface area contributed by atoms with Gasteiger partial charge in [-0.15, -0.1) is 0 Å². The highest BCUT2D eigenvalue weighted by molar-refractivity contribution is 5.92. The lowest BCUT2D eigenvalue weighted by molar-refractivity contribution is 0.0597. The van der Waals surface area contributed by atoms with Gasteiger partial charge in [0.1, 0.15) is 11.3 Å². The Bertz CT molecular complexity index is 1430. The third-order valence-corrected chi connectivity index (χ3v) is 4.92. The number of hydrogen-bond donors (Lipinski definition) is 0. The van der Waals surface area contributed by atoms with Gasteiger partial charge in [0.25, 0.3) is 0 Å². The van der Waals surface area contributed by atoms with Crippen LogP contribution >= 0.6 is 0 Å². The molecule has 154 valence electrons. The number of benzene rings is 4. The van der Waals surface area contributed by atoms with Crippen LogP contribution in [0.2, 0.25) is 0 Å². The van der Waals surface area contributed by atoms with Crippen molar-refractivity contribution in [2.24, 2.45) is 0 Å². The topological polar surface area (TPSA) is 35.5 Å². The molecule has 0 bridgehead atoms. The number of methoxy groups -OCH3 is 2. The van der Waals surface area contributed by atoms with E-state index in [-0.39, 0.29) is 0 Å². The molecule has 32 heavy (non-hydrogen) atoms. The van der Waals surface area contributed by atoms with Crippen molar-refractivity contribution in [1.29, 1.82) is 0 Å². The minimum Gasteiger partial charge on any atom is -0.496 e. The molecule has 4 rings (SSSR count). The summed E-state index contributed by atoms with van der Waals surface area (Å²) in [5, 5.41) is 2.37. The monoisotopic (exact) mass is 416 g/mol. The smallest absolute Gasteiger partial charge is 0.341 e. The van der Waals surface area contributed by atoms with Crippen LogP contribution in [0.4, 0.5) is 0 Å². The quantitative estimate of drug-likeness (QED) is 0.323. The zero-order valence-corrected chi connectivity index (χ0v) is 17.8. The van der Waals surface area contributed by atoms with Gasteiger partial charge in [-0.25, -0.2) is 4.79 Å². The van der Waals surface area contributed by atoms with E-state index >= 15 is 0 Å². The zero-order valence-electron chi connectivity index (χ0n) is 17.8. The van der Waals surface area contributed by atoms with Crippen LogP contribution in [-0.2, 0) is 4.74 Å². The van der Waals surface area contributed by atoms with Crippen LogP contribution < -0.4 is 4.74 Å². The molecule has 3 heteroatoms. The Morgan fingerprint density at radius 1 is 0.625 bits per heavy atom. The van der Waals surface area contributed by atoms with Gasteiger partial charge in [0.15, 0.2) is 0 Å². The molecule has 4 aromatic rings. The first-order chi connectivity index (χ1) is 15.7. The summed E-state index contributed by atoms with van der Waals surface area (Å²) in [6.45, 7) is 0. The van der Waals surface area contributed by atoms with Gasteiger partial charge in [0.2, 0.25) is 0 Å². The van der Waals surface area contributed by atoms with Gasteiger partial charge in [0, 0.05) is 22.3 Å². The summed E-state index contributed by atoms with van der Waals surface area (Å²) in [5.41, 5.74) is 3.82. The van der Waals surface area contributed by atoms with Crippen molar-refractivity contribution >= 4 is 16.7 Å². The van der Waals surface area contributed by atoms with Gasteiger partial charge >= 0.3 is 5.97 Å². The van der Waals surface area contributed by atoms with Crippen LogP contribution in [0.1, 0.15) is 32.6 Å². The fraction of sp³-hybridized carbons (Fsp3) is 0.0690. The lowest BCUT2D eigenvalue weighted by atomic mass is 10.1. The molecule has 0 aliphatic heterocycles. The summed E-state index contributed by atoms with van der Waals surface area (Å²) in [4.78, 5) is 11.8. The van der Waals surface area contributed by atoms with Crippen molar-refractivity contribution in [3.63, 3.8) is 0 Å². The molecule has 0 N–H and O–H groups in total. The van der Waals surface area contributed by atoms with Crippen LogP contribution in [0.25, 0.3) is 10.8 Å². The largest absolute Gasteiger partial charge is 0.496 e. The summed E-state index contributed by atoms with van der Waals surface area (Å²) in [7, 11) is 2.85. The first-order valence-corrected chi connectivity index (χ1v) is 10.1. The summed E-state index contributed by atoms with van der Waals surface area (Å²) >= 11 is 0. The number of rotatable bonds is 2.